The molecule has 152 valence electrons. The quantitative estimate of drug-likeness (QED) is 0.387. The number of Topliss-reactive ketones (excluding diaryl/α,β-unsaturated/α-hetero) is 1. The molecule has 0 aliphatic heterocycles. The molecule has 0 atom stereocenters. The number of carbonyl (C=O) groups is 2. The van der Waals surface area contributed by atoms with E-state index in [4.69, 9.17) is 11.6 Å². The van der Waals surface area contributed by atoms with Crippen molar-refractivity contribution in [3.8, 4) is 10.4 Å². The molecule has 1 amide bonds. The fraction of sp³-hybridized carbons (Fsp3) is 0.143. The van der Waals surface area contributed by atoms with Crippen molar-refractivity contribution in [1.82, 2.24) is 14.8 Å². The number of benzene rings is 1. The topological polar surface area (TPSA) is 76.9 Å². The molecule has 0 bridgehead atoms. The summed E-state index contributed by atoms with van der Waals surface area (Å²) in [5.41, 5.74) is 1.85. The van der Waals surface area contributed by atoms with E-state index in [0.717, 1.165) is 25.2 Å². The molecule has 9 heteroatoms. The van der Waals surface area contributed by atoms with E-state index in [9.17, 15) is 9.59 Å². The molecule has 4 rings (SSSR count). The number of thiazole rings is 1. The predicted molar refractivity (Wildman–Crippen MR) is 121 cm³/mol. The van der Waals surface area contributed by atoms with Crippen LogP contribution in [0.25, 0.3) is 10.4 Å². The maximum absolute atomic E-state index is 12.9. The van der Waals surface area contributed by atoms with Crippen LogP contribution in [-0.2, 0) is 6.54 Å². The molecule has 4 aromatic rings. The van der Waals surface area contributed by atoms with Gasteiger partial charge in [-0.25, -0.2) is 4.98 Å². The number of aromatic nitrogens is 3. The Kier molecular flexibility index (Phi) is 5.80. The van der Waals surface area contributed by atoms with E-state index < -0.39 is 0 Å². The van der Waals surface area contributed by atoms with E-state index in [-0.39, 0.29) is 11.7 Å². The maximum atomic E-state index is 12.9. The van der Waals surface area contributed by atoms with E-state index in [1.165, 1.54) is 22.7 Å². The van der Waals surface area contributed by atoms with E-state index in [2.05, 4.69) is 15.4 Å². The molecule has 30 heavy (non-hydrogen) atoms. The molecule has 0 fully saturated rings. The van der Waals surface area contributed by atoms with Gasteiger partial charge in [-0.1, -0.05) is 23.7 Å². The van der Waals surface area contributed by atoms with Gasteiger partial charge in [-0.2, -0.15) is 5.10 Å². The molecular formula is C21H17ClN4O2S2. The highest BCUT2D eigenvalue weighted by molar-refractivity contribution is 7.15. The van der Waals surface area contributed by atoms with Gasteiger partial charge in [-0.15, -0.1) is 22.7 Å². The summed E-state index contributed by atoms with van der Waals surface area (Å²) in [6, 6.07) is 11.1. The Morgan fingerprint density at radius 1 is 1.13 bits per heavy atom. The standard InChI is InChI=1S/C21H17ClN4O2S2/c1-12(27)18-8-7-17(30-18)11-26-10-16(9-23-26)25-21(28)19-20(29-13(2)24-19)14-3-5-15(22)6-4-14/h3-10H,11H2,1-2H3,(H,25,28). The average Bonchev–Trinajstić information content (AvgIpc) is 3.43. The van der Waals surface area contributed by atoms with Crippen LogP contribution in [-0.4, -0.2) is 26.5 Å². The third-order valence-corrected chi connectivity index (χ3v) is 6.72. The summed E-state index contributed by atoms with van der Waals surface area (Å²) in [6.07, 6.45) is 3.35. The summed E-state index contributed by atoms with van der Waals surface area (Å²) in [4.78, 5) is 31.3. The zero-order valence-electron chi connectivity index (χ0n) is 16.2. The molecular weight excluding hydrogens is 440 g/mol. The van der Waals surface area contributed by atoms with Gasteiger partial charge in [-0.05, 0) is 43.7 Å². The summed E-state index contributed by atoms with van der Waals surface area (Å²) >= 11 is 8.88. The second-order valence-corrected chi connectivity index (χ2v) is 9.43. The van der Waals surface area contributed by atoms with Crippen LogP contribution in [0, 0.1) is 6.92 Å². The van der Waals surface area contributed by atoms with Crippen LogP contribution in [0.1, 0.15) is 37.0 Å². The highest BCUT2D eigenvalue weighted by Crippen LogP contribution is 2.31. The molecule has 3 aromatic heterocycles. The van der Waals surface area contributed by atoms with Crippen molar-refractivity contribution < 1.29 is 9.59 Å². The second-order valence-electron chi connectivity index (χ2n) is 6.62. The number of carbonyl (C=O) groups excluding carboxylic acids is 2. The van der Waals surface area contributed by atoms with Gasteiger partial charge < -0.3 is 5.32 Å². The maximum Gasteiger partial charge on any atom is 0.275 e. The monoisotopic (exact) mass is 456 g/mol. The third-order valence-electron chi connectivity index (χ3n) is 4.27. The van der Waals surface area contributed by atoms with Crippen LogP contribution >= 0.6 is 34.3 Å². The van der Waals surface area contributed by atoms with Crippen molar-refractivity contribution in [2.24, 2.45) is 0 Å². The number of hydrogen-bond donors (Lipinski definition) is 1. The van der Waals surface area contributed by atoms with Crippen LogP contribution in [0.2, 0.25) is 5.02 Å². The van der Waals surface area contributed by atoms with Gasteiger partial charge in [0.05, 0.1) is 33.2 Å². The number of thiophene rings is 1. The molecule has 3 heterocycles. The number of rotatable bonds is 6. The Bertz CT molecular complexity index is 1220. The number of amides is 1. The first-order chi connectivity index (χ1) is 14.4. The minimum atomic E-state index is -0.293. The van der Waals surface area contributed by atoms with E-state index >= 15 is 0 Å². The molecule has 0 radical (unpaired) electrons. The summed E-state index contributed by atoms with van der Waals surface area (Å²) in [7, 11) is 0. The average molecular weight is 457 g/mol. The Morgan fingerprint density at radius 3 is 2.60 bits per heavy atom. The Hall–Kier alpha value is -2.81. The van der Waals surface area contributed by atoms with Crippen molar-refractivity contribution in [3.05, 3.63) is 74.3 Å². The Morgan fingerprint density at radius 2 is 1.90 bits per heavy atom. The molecule has 0 spiro atoms. The summed E-state index contributed by atoms with van der Waals surface area (Å²) < 4.78 is 1.72. The summed E-state index contributed by atoms with van der Waals surface area (Å²) in [6.45, 7) is 3.95. The fourth-order valence-electron chi connectivity index (χ4n) is 2.89. The molecule has 0 aliphatic carbocycles. The number of aryl methyl sites for hydroxylation is 1. The molecule has 0 saturated carbocycles. The fourth-order valence-corrected chi connectivity index (χ4v) is 4.84. The first kappa shape index (κ1) is 20.5. The summed E-state index contributed by atoms with van der Waals surface area (Å²) in [5, 5.41) is 8.61. The minimum Gasteiger partial charge on any atom is -0.318 e. The van der Waals surface area contributed by atoms with Crippen LogP contribution in [0.15, 0.2) is 48.8 Å². The Labute approximate surface area is 186 Å². The van der Waals surface area contributed by atoms with Crippen LogP contribution < -0.4 is 5.32 Å². The summed E-state index contributed by atoms with van der Waals surface area (Å²) in [5.74, 6) is -0.242. The van der Waals surface area contributed by atoms with Crippen molar-refractivity contribution in [3.63, 3.8) is 0 Å². The highest BCUT2D eigenvalue weighted by Gasteiger charge is 2.19. The Balaban J connectivity index is 1.50. The smallest absolute Gasteiger partial charge is 0.275 e. The van der Waals surface area contributed by atoms with Crippen LogP contribution in [0.5, 0.6) is 0 Å². The second kappa shape index (κ2) is 8.51. The lowest BCUT2D eigenvalue weighted by Crippen LogP contribution is -2.13. The minimum absolute atomic E-state index is 0.0507. The zero-order valence-corrected chi connectivity index (χ0v) is 18.6. The van der Waals surface area contributed by atoms with E-state index in [1.807, 2.05) is 31.2 Å². The lowest BCUT2D eigenvalue weighted by atomic mass is 10.1. The normalized spacial score (nSPS) is 10.9. The number of nitrogens with one attached hydrogen (secondary N) is 1. The number of halogens is 1. The lowest BCUT2D eigenvalue weighted by molar-refractivity contribution is 0.101. The molecule has 0 unspecified atom stereocenters. The number of nitrogens with zero attached hydrogens (tertiary/aromatic N) is 3. The van der Waals surface area contributed by atoms with Gasteiger partial charge >= 0.3 is 0 Å². The SMILES string of the molecule is CC(=O)c1ccc(Cn2cc(NC(=O)c3nc(C)sc3-c3ccc(Cl)cc3)cn2)s1. The number of anilines is 1. The molecule has 0 aliphatic rings. The van der Waals surface area contributed by atoms with E-state index in [1.54, 1.807) is 36.1 Å². The zero-order chi connectivity index (χ0) is 21.3. The van der Waals surface area contributed by atoms with Crippen molar-refractivity contribution in [2.75, 3.05) is 5.32 Å². The largest absolute Gasteiger partial charge is 0.318 e. The molecule has 6 nitrogen and oxygen atoms in total. The number of hydrogen-bond acceptors (Lipinski definition) is 6. The van der Waals surface area contributed by atoms with Crippen LogP contribution in [0.4, 0.5) is 5.69 Å². The predicted octanol–water partition coefficient (Wildman–Crippen LogP) is 5.53. The van der Waals surface area contributed by atoms with Crippen molar-refractivity contribution >= 4 is 51.7 Å². The van der Waals surface area contributed by atoms with Crippen molar-refractivity contribution in [2.45, 2.75) is 20.4 Å². The molecule has 0 saturated heterocycles. The highest BCUT2D eigenvalue weighted by atomic mass is 35.5. The number of ketones is 1. The van der Waals surface area contributed by atoms with E-state index in [0.29, 0.717) is 22.9 Å². The molecule has 1 aromatic carbocycles. The molecule has 1 N–H and O–H groups in total. The van der Waals surface area contributed by atoms with Crippen LogP contribution in [0.3, 0.4) is 0 Å². The third kappa shape index (κ3) is 4.51. The van der Waals surface area contributed by atoms with Gasteiger partial charge in [0.1, 0.15) is 5.69 Å². The van der Waals surface area contributed by atoms with Gasteiger partial charge in [-0.3, -0.25) is 14.3 Å². The van der Waals surface area contributed by atoms with Gasteiger partial charge in [0.2, 0.25) is 0 Å². The van der Waals surface area contributed by atoms with Gasteiger partial charge in [0.15, 0.2) is 5.78 Å². The first-order valence-corrected chi connectivity index (χ1v) is 11.1. The first-order valence-electron chi connectivity index (χ1n) is 9.06. The lowest BCUT2D eigenvalue weighted by Gasteiger charge is -2.04. The van der Waals surface area contributed by atoms with Crippen molar-refractivity contribution in [1.29, 1.82) is 0 Å². The van der Waals surface area contributed by atoms with Gasteiger partial charge in [0, 0.05) is 16.1 Å². The van der Waals surface area contributed by atoms with Gasteiger partial charge in [0.25, 0.3) is 5.91 Å².